The van der Waals surface area contributed by atoms with E-state index >= 15 is 0 Å². The van der Waals surface area contributed by atoms with Crippen molar-refractivity contribution in [2.24, 2.45) is 0 Å². The maximum atomic E-state index is 6.25. The molecule has 9 nitrogen and oxygen atoms in total. The van der Waals surface area contributed by atoms with Gasteiger partial charge in [-0.25, -0.2) is 0 Å². The molecular weight excluding hydrogens is 260 g/mol. The van der Waals surface area contributed by atoms with Crippen LogP contribution in [0, 0.1) is 71.0 Å². The first-order valence-corrected chi connectivity index (χ1v) is 1.34. The monoisotopic (exact) mass is 266 g/mol. The first-order valence-electron chi connectivity index (χ1n) is 1.34. The van der Waals surface area contributed by atoms with Crippen LogP contribution in [0.4, 0.5) is 0 Å². The first kappa shape index (κ1) is 182. The predicted octanol–water partition coefficient (Wildman–Crippen LogP) is -1.90. The summed E-state index contributed by atoms with van der Waals surface area (Å²) in [5, 5.41) is 37.5. The SMILES string of the molecule is O.O.O.[C-]#N.[C-]#N.[C-]#N.[C-]#N.[C-]#N.[C-]#N.[Fe+6]. The third-order valence-electron chi connectivity index (χ3n) is 0. The van der Waals surface area contributed by atoms with Crippen LogP contribution in [0.2, 0.25) is 0 Å². The maximum absolute atomic E-state index is 6.25. The minimum atomic E-state index is 0. The third-order valence-corrected chi connectivity index (χ3v) is 0. The zero-order valence-corrected chi connectivity index (χ0v) is 8.64. The molecule has 10 heteroatoms. The van der Waals surface area contributed by atoms with E-state index in [4.69, 9.17) is 71.0 Å². The summed E-state index contributed by atoms with van der Waals surface area (Å²) in [6, 6.07) is 0. The molecule has 86 valence electrons. The Labute approximate surface area is 105 Å². The average Bonchev–Trinajstić information content (AvgIpc) is 2.33. The van der Waals surface area contributed by atoms with E-state index in [1.165, 1.54) is 0 Å². The van der Waals surface area contributed by atoms with Gasteiger partial charge in [-0.05, 0) is 0 Å². The molecule has 0 spiro atoms. The topological polar surface area (TPSA) is 237 Å². The molecule has 0 atom stereocenters. The van der Waals surface area contributed by atoms with E-state index in [0.29, 0.717) is 0 Å². The normalized spacial score (nSPS) is 0.750. The molecule has 0 bridgehead atoms. The van der Waals surface area contributed by atoms with Crippen LogP contribution in [0.5, 0.6) is 0 Å². The van der Waals surface area contributed by atoms with Gasteiger partial charge in [0, 0.05) is 0 Å². The van der Waals surface area contributed by atoms with Crippen molar-refractivity contribution in [1.82, 2.24) is 0 Å². The summed E-state index contributed by atoms with van der Waals surface area (Å²) < 4.78 is 0. The van der Waals surface area contributed by atoms with E-state index in [2.05, 4.69) is 0 Å². The second-order valence-electron chi connectivity index (χ2n) is 0. The van der Waals surface area contributed by atoms with Gasteiger partial charge in [0.05, 0.1) is 0 Å². The zero-order chi connectivity index (χ0) is 12.0. The van der Waals surface area contributed by atoms with Crippen molar-refractivity contribution in [2.75, 3.05) is 0 Å². The molecule has 0 amide bonds. The molecular formula is C6H6FeN6O3. The summed E-state index contributed by atoms with van der Waals surface area (Å²) in [5.74, 6) is 0. The first-order chi connectivity index (χ1) is 6.00. The molecule has 6 N–H and O–H groups in total. The van der Waals surface area contributed by atoms with Crippen molar-refractivity contribution in [3.63, 3.8) is 0 Å². The van der Waals surface area contributed by atoms with E-state index in [1.54, 1.807) is 0 Å². The summed E-state index contributed by atoms with van der Waals surface area (Å²) in [7, 11) is 0. The number of hydrogen-bond donors (Lipinski definition) is 0. The van der Waals surface area contributed by atoms with Gasteiger partial charge in [-0.15, -0.1) is 0 Å². The molecule has 0 fully saturated rings. The molecule has 0 aromatic carbocycles. The maximum Gasteiger partial charge on any atom is 6.00 e. The van der Waals surface area contributed by atoms with Crippen molar-refractivity contribution < 1.29 is 33.5 Å². The quantitative estimate of drug-likeness (QED) is 0.357. The van der Waals surface area contributed by atoms with Crippen LogP contribution >= 0.6 is 0 Å². The fourth-order valence-corrected chi connectivity index (χ4v) is 0. The Morgan fingerprint density at radius 1 is 0.312 bits per heavy atom. The van der Waals surface area contributed by atoms with Gasteiger partial charge >= 0.3 is 17.1 Å². The minimum Gasteiger partial charge on any atom is -0.512 e. The minimum absolute atomic E-state index is 0. The standard InChI is InChI=1S/6CN.Fe.3H2O/c6*1-2;;;;/h;;;;;;;3*1H2/q6*-1;+6;;;. The number of rotatable bonds is 0. The summed E-state index contributed by atoms with van der Waals surface area (Å²) >= 11 is 0. The van der Waals surface area contributed by atoms with E-state index in [1.807, 2.05) is 0 Å². The Bertz CT molecular complexity index is 103. The van der Waals surface area contributed by atoms with Gasteiger partial charge in [-0.3, -0.25) is 0 Å². The predicted molar refractivity (Wildman–Crippen MR) is 40.6 cm³/mol. The molecule has 0 aliphatic rings. The summed E-state index contributed by atoms with van der Waals surface area (Å²) in [6.07, 6.45) is 0. The van der Waals surface area contributed by atoms with Crippen LogP contribution < -0.4 is 0 Å². The molecule has 0 radical (unpaired) electrons. The van der Waals surface area contributed by atoms with Crippen LogP contribution in [0.1, 0.15) is 0 Å². The van der Waals surface area contributed by atoms with Crippen molar-refractivity contribution in [1.29, 1.82) is 31.6 Å². The van der Waals surface area contributed by atoms with Crippen molar-refractivity contribution in [3.05, 3.63) is 39.4 Å². The Morgan fingerprint density at radius 2 is 0.312 bits per heavy atom. The van der Waals surface area contributed by atoms with Gasteiger partial charge in [-0.2, -0.15) is 0 Å². The van der Waals surface area contributed by atoms with E-state index in [9.17, 15) is 0 Å². The van der Waals surface area contributed by atoms with Crippen LogP contribution in [0.25, 0.3) is 0 Å². The molecule has 0 heterocycles. The van der Waals surface area contributed by atoms with Crippen LogP contribution in [0.15, 0.2) is 0 Å². The summed E-state index contributed by atoms with van der Waals surface area (Å²) in [5.41, 5.74) is 0. The fourth-order valence-electron chi connectivity index (χ4n) is 0. The Hall–Kier alpha value is -2.66. The molecule has 0 rings (SSSR count). The van der Waals surface area contributed by atoms with Gasteiger partial charge in [0.2, 0.25) is 0 Å². The molecule has 0 unspecified atom stereocenters. The van der Waals surface area contributed by atoms with Crippen LogP contribution in [0.3, 0.4) is 0 Å². The van der Waals surface area contributed by atoms with Crippen molar-refractivity contribution >= 4 is 0 Å². The van der Waals surface area contributed by atoms with Gasteiger partial charge in [0.15, 0.2) is 0 Å². The van der Waals surface area contributed by atoms with Crippen LogP contribution in [-0.2, 0) is 17.1 Å². The Balaban J connectivity index is -0.00000000321. The molecule has 16 heavy (non-hydrogen) atoms. The van der Waals surface area contributed by atoms with Crippen molar-refractivity contribution in [3.8, 4) is 0 Å². The van der Waals surface area contributed by atoms with Gasteiger partial charge in [0.25, 0.3) is 0 Å². The average molecular weight is 266 g/mol. The fraction of sp³-hybridized carbons (Fsp3) is 0. The van der Waals surface area contributed by atoms with E-state index < -0.39 is 0 Å². The summed E-state index contributed by atoms with van der Waals surface area (Å²) in [6.45, 7) is 28.5. The molecule has 0 saturated heterocycles. The second-order valence-corrected chi connectivity index (χ2v) is 0. The third kappa shape index (κ3) is 171. The van der Waals surface area contributed by atoms with Gasteiger partial charge in [0.1, 0.15) is 0 Å². The van der Waals surface area contributed by atoms with E-state index in [-0.39, 0.29) is 33.5 Å². The molecule has 0 aliphatic carbocycles. The molecule has 0 saturated carbocycles. The molecule has 0 aromatic heterocycles. The molecule has 0 aromatic rings. The Morgan fingerprint density at radius 3 is 0.312 bits per heavy atom. The zero-order valence-electron chi connectivity index (χ0n) is 7.54. The smallest absolute Gasteiger partial charge is 0.512 e. The number of hydrogen-bond acceptors (Lipinski definition) is 6. The van der Waals surface area contributed by atoms with Crippen LogP contribution in [-0.4, -0.2) is 16.4 Å². The van der Waals surface area contributed by atoms with Gasteiger partial charge in [-0.1, -0.05) is 0 Å². The van der Waals surface area contributed by atoms with Crippen molar-refractivity contribution in [2.45, 2.75) is 0 Å². The Kier molecular flexibility index (Phi) is 2550. The largest absolute Gasteiger partial charge is 6.00 e. The summed E-state index contributed by atoms with van der Waals surface area (Å²) in [4.78, 5) is 0. The van der Waals surface area contributed by atoms with E-state index in [0.717, 1.165) is 0 Å². The van der Waals surface area contributed by atoms with Gasteiger partial charge < -0.3 is 87.4 Å². The molecule has 0 aliphatic heterocycles. The number of nitrogens with zero attached hydrogens (tertiary/aromatic N) is 6. The second kappa shape index (κ2) is 224.